The standard InChI is InChI=1S/C18H19F2NO3/c1-23-15-7-6-11(8-16(15)24-18(19)20)10-21-17-13-5-3-2-4-12(13)9-14(17)22/h2-8,14,17-18,21-22H,9-10H2,1H3/t14-,17+/m1/s1. The maximum atomic E-state index is 12.5. The van der Waals surface area contributed by atoms with Crippen LogP contribution in [0.4, 0.5) is 8.78 Å². The molecular formula is C18H19F2NO3. The lowest BCUT2D eigenvalue weighted by Crippen LogP contribution is -2.28. The van der Waals surface area contributed by atoms with Crippen molar-refractivity contribution < 1.29 is 23.4 Å². The Balaban J connectivity index is 1.73. The number of fused-ring (bicyclic) bond motifs is 1. The Hall–Kier alpha value is -2.18. The Morgan fingerprint density at radius 3 is 2.75 bits per heavy atom. The first-order valence-electron chi connectivity index (χ1n) is 7.69. The first kappa shape index (κ1) is 16.7. The van der Waals surface area contributed by atoms with Crippen molar-refractivity contribution in [1.29, 1.82) is 0 Å². The van der Waals surface area contributed by atoms with Gasteiger partial charge in [-0.1, -0.05) is 30.3 Å². The maximum absolute atomic E-state index is 12.5. The summed E-state index contributed by atoms with van der Waals surface area (Å²) in [5.74, 6) is 0.254. The van der Waals surface area contributed by atoms with Gasteiger partial charge >= 0.3 is 6.61 Å². The van der Waals surface area contributed by atoms with Crippen molar-refractivity contribution in [3.63, 3.8) is 0 Å². The lowest BCUT2D eigenvalue weighted by molar-refractivity contribution is -0.0512. The van der Waals surface area contributed by atoms with Gasteiger partial charge in [-0.3, -0.25) is 0 Å². The Bertz CT molecular complexity index is 708. The van der Waals surface area contributed by atoms with E-state index >= 15 is 0 Å². The van der Waals surface area contributed by atoms with E-state index in [-0.39, 0.29) is 17.5 Å². The van der Waals surface area contributed by atoms with Gasteiger partial charge in [0, 0.05) is 13.0 Å². The van der Waals surface area contributed by atoms with Crippen LogP contribution in [0.3, 0.4) is 0 Å². The first-order valence-corrected chi connectivity index (χ1v) is 7.69. The van der Waals surface area contributed by atoms with E-state index < -0.39 is 12.7 Å². The van der Waals surface area contributed by atoms with Crippen LogP contribution in [-0.2, 0) is 13.0 Å². The highest BCUT2D eigenvalue weighted by Crippen LogP contribution is 2.33. The number of aliphatic hydroxyl groups excluding tert-OH is 1. The van der Waals surface area contributed by atoms with Gasteiger partial charge in [-0.25, -0.2) is 0 Å². The molecule has 0 aliphatic heterocycles. The quantitative estimate of drug-likeness (QED) is 0.852. The van der Waals surface area contributed by atoms with E-state index in [9.17, 15) is 13.9 Å². The summed E-state index contributed by atoms with van der Waals surface area (Å²) in [5, 5.41) is 13.5. The molecule has 0 unspecified atom stereocenters. The van der Waals surface area contributed by atoms with Gasteiger partial charge in [-0.05, 0) is 28.8 Å². The minimum atomic E-state index is -2.91. The average Bonchev–Trinajstić information content (AvgIpc) is 2.88. The van der Waals surface area contributed by atoms with Gasteiger partial charge in [0.15, 0.2) is 11.5 Å². The van der Waals surface area contributed by atoms with Gasteiger partial charge < -0.3 is 19.9 Å². The summed E-state index contributed by atoms with van der Waals surface area (Å²) in [5.41, 5.74) is 2.96. The van der Waals surface area contributed by atoms with Crippen molar-refractivity contribution in [3.8, 4) is 11.5 Å². The van der Waals surface area contributed by atoms with Gasteiger partial charge in [0.05, 0.1) is 19.3 Å². The average molecular weight is 335 g/mol. The van der Waals surface area contributed by atoms with E-state index in [1.165, 1.54) is 13.2 Å². The predicted octanol–water partition coefficient (Wildman–Crippen LogP) is 3.04. The summed E-state index contributed by atoms with van der Waals surface area (Å²) in [6.45, 7) is -2.50. The molecule has 0 saturated carbocycles. The van der Waals surface area contributed by atoms with Gasteiger partial charge in [0.1, 0.15) is 0 Å². The van der Waals surface area contributed by atoms with Crippen LogP contribution in [0.25, 0.3) is 0 Å². The Kier molecular flexibility index (Phi) is 4.97. The second-order valence-corrected chi connectivity index (χ2v) is 5.69. The highest BCUT2D eigenvalue weighted by molar-refractivity contribution is 5.43. The molecule has 0 bridgehead atoms. The molecule has 0 heterocycles. The number of methoxy groups -OCH3 is 1. The highest BCUT2D eigenvalue weighted by Gasteiger charge is 2.30. The minimum absolute atomic E-state index is 0.000768. The van der Waals surface area contributed by atoms with Gasteiger partial charge in [-0.2, -0.15) is 8.78 Å². The number of rotatable bonds is 6. The highest BCUT2D eigenvalue weighted by atomic mass is 19.3. The fraction of sp³-hybridized carbons (Fsp3) is 0.333. The third kappa shape index (κ3) is 3.49. The third-order valence-corrected chi connectivity index (χ3v) is 4.17. The van der Waals surface area contributed by atoms with Crippen LogP contribution in [0.2, 0.25) is 0 Å². The monoisotopic (exact) mass is 335 g/mol. The summed E-state index contributed by atoms with van der Waals surface area (Å²) < 4.78 is 34.5. The van der Waals surface area contributed by atoms with Crippen LogP contribution in [0.1, 0.15) is 22.7 Å². The molecule has 4 nitrogen and oxygen atoms in total. The number of ether oxygens (including phenoxy) is 2. The second-order valence-electron chi connectivity index (χ2n) is 5.69. The molecule has 2 aromatic carbocycles. The van der Waals surface area contributed by atoms with E-state index in [2.05, 4.69) is 10.1 Å². The number of benzene rings is 2. The number of nitrogens with one attached hydrogen (secondary N) is 1. The molecule has 24 heavy (non-hydrogen) atoms. The molecule has 0 spiro atoms. The summed E-state index contributed by atoms with van der Waals surface area (Å²) in [4.78, 5) is 0. The van der Waals surface area contributed by atoms with E-state index in [0.717, 1.165) is 16.7 Å². The zero-order valence-corrected chi connectivity index (χ0v) is 13.2. The van der Waals surface area contributed by atoms with Crippen LogP contribution < -0.4 is 14.8 Å². The zero-order chi connectivity index (χ0) is 17.1. The van der Waals surface area contributed by atoms with Crippen LogP contribution in [0.15, 0.2) is 42.5 Å². The number of hydrogen-bond donors (Lipinski definition) is 2. The third-order valence-electron chi connectivity index (χ3n) is 4.17. The van der Waals surface area contributed by atoms with E-state index in [1.54, 1.807) is 12.1 Å². The van der Waals surface area contributed by atoms with E-state index in [4.69, 9.17) is 4.74 Å². The van der Waals surface area contributed by atoms with Crippen molar-refractivity contribution in [2.75, 3.05) is 7.11 Å². The molecule has 0 fully saturated rings. The second kappa shape index (κ2) is 7.15. The van der Waals surface area contributed by atoms with E-state index in [0.29, 0.717) is 13.0 Å². The van der Waals surface area contributed by atoms with Gasteiger partial charge in [0.25, 0.3) is 0 Å². The Labute approximate surface area is 139 Å². The summed E-state index contributed by atoms with van der Waals surface area (Å²) in [6.07, 6.45) is 0.105. The van der Waals surface area contributed by atoms with Gasteiger partial charge in [0.2, 0.25) is 0 Å². The van der Waals surface area contributed by atoms with E-state index in [1.807, 2.05) is 24.3 Å². The molecule has 2 aromatic rings. The Morgan fingerprint density at radius 1 is 1.21 bits per heavy atom. The molecule has 128 valence electrons. The molecule has 6 heteroatoms. The number of hydrogen-bond acceptors (Lipinski definition) is 4. The molecule has 1 aliphatic carbocycles. The van der Waals surface area contributed by atoms with Crippen LogP contribution >= 0.6 is 0 Å². The topological polar surface area (TPSA) is 50.7 Å². The molecule has 2 N–H and O–H groups in total. The van der Waals surface area contributed by atoms with Crippen molar-refractivity contribution in [2.24, 2.45) is 0 Å². The number of alkyl halides is 2. The predicted molar refractivity (Wildman–Crippen MR) is 85.4 cm³/mol. The molecule has 3 rings (SSSR count). The molecule has 0 amide bonds. The van der Waals surface area contributed by atoms with Crippen molar-refractivity contribution >= 4 is 0 Å². The largest absolute Gasteiger partial charge is 0.493 e. The smallest absolute Gasteiger partial charge is 0.387 e. The van der Waals surface area contributed by atoms with Crippen LogP contribution in [0.5, 0.6) is 11.5 Å². The molecule has 0 saturated heterocycles. The fourth-order valence-electron chi connectivity index (χ4n) is 3.07. The van der Waals surface area contributed by atoms with Crippen LogP contribution in [-0.4, -0.2) is 24.9 Å². The minimum Gasteiger partial charge on any atom is -0.493 e. The zero-order valence-electron chi connectivity index (χ0n) is 13.2. The molecule has 2 atom stereocenters. The fourth-order valence-corrected chi connectivity index (χ4v) is 3.07. The molecule has 0 radical (unpaired) electrons. The first-order chi connectivity index (χ1) is 11.6. The van der Waals surface area contributed by atoms with Crippen molar-refractivity contribution in [1.82, 2.24) is 5.32 Å². The number of halogens is 2. The number of aliphatic hydroxyl groups is 1. The summed E-state index contributed by atoms with van der Waals surface area (Å²) >= 11 is 0. The SMILES string of the molecule is COc1ccc(CN[C@H]2c3ccccc3C[C@H]2O)cc1OC(F)F. The lowest BCUT2D eigenvalue weighted by atomic mass is 10.1. The normalized spacial score (nSPS) is 19.4. The van der Waals surface area contributed by atoms with Crippen molar-refractivity contribution in [3.05, 3.63) is 59.2 Å². The van der Waals surface area contributed by atoms with Gasteiger partial charge in [-0.15, -0.1) is 0 Å². The molecular weight excluding hydrogens is 316 g/mol. The Morgan fingerprint density at radius 2 is 2.00 bits per heavy atom. The van der Waals surface area contributed by atoms with Crippen molar-refractivity contribution in [2.45, 2.75) is 31.7 Å². The molecule has 1 aliphatic rings. The lowest BCUT2D eigenvalue weighted by Gasteiger charge is -2.18. The molecule has 0 aromatic heterocycles. The summed E-state index contributed by atoms with van der Waals surface area (Å²) in [6, 6.07) is 12.6. The van der Waals surface area contributed by atoms with Crippen LogP contribution in [0, 0.1) is 0 Å². The summed E-state index contributed by atoms with van der Waals surface area (Å²) in [7, 11) is 1.40. The maximum Gasteiger partial charge on any atom is 0.387 e.